The highest BCUT2D eigenvalue weighted by Gasteiger charge is 2.11. The Balaban J connectivity index is 1.49. The number of halogens is 2. The van der Waals surface area contributed by atoms with E-state index in [1.807, 2.05) is 24.3 Å². The van der Waals surface area contributed by atoms with Crippen LogP contribution < -0.4 is 0 Å². The summed E-state index contributed by atoms with van der Waals surface area (Å²) in [5.74, 6) is 0.455. The molecule has 2 aromatic carbocycles. The van der Waals surface area contributed by atoms with Gasteiger partial charge < -0.3 is 9.84 Å². The van der Waals surface area contributed by atoms with Gasteiger partial charge in [0, 0.05) is 15.6 Å². The van der Waals surface area contributed by atoms with Gasteiger partial charge in [0.2, 0.25) is 5.82 Å². The van der Waals surface area contributed by atoms with Gasteiger partial charge in [-0.1, -0.05) is 47.5 Å². The summed E-state index contributed by atoms with van der Waals surface area (Å²) >= 11 is 11.8. The Morgan fingerprint density at radius 3 is 2.64 bits per heavy atom. The molecule has 130 valence electrons. The molecule has 0 unspecified atom stereocenters. The number of hydrogen-bond acceptors (Lipinski definition) is 5. The monoisotopic (exact) mass is 378 g/mol. The molecule has 0 bridgehead atoms. The predicted molar refractivity (Wildman–Crippen MR) is 95.4 cm³/mol. The molecule has 0 spiro atoms. The second-order valence-electron chi connectivity index (χ2n) is 5.47. The van der Waals surface area contributed by atoms with Crippen LogP contribution in [0.3, 0.4) is 0 Å². The Morgan fingerprint density at radius 2 is 1.88 bits per heavy atom. The summed E-state index contributed by atoms with van der Waals surface area (Å²) in [7, 11) is 0. The molecule has 0 amide bonds. The van der Waals surface area contributed by atoms with Gasteiger partial charge in [-0.05, 0) is 35.0 Å². The maximum atomic E-state index is 10.1. The Kier molecular flexibility index (Phi) is 5.99. The molecule has 0 aliphatic rings. The zero-order valence-corrected chi connectivity index (χ0v) is 14.7. The average molecular weight is 379 g/mol. The first-order valence-corrected chi connectivity index (χ1v) is 8.40. The summed E-state index contributed by atoms with van der Waals surface area (Å²) in [5, 5.41) is 23.5. The first-order valence-electron chi connectivity index (χ1n) is 7.64. The quantitative estimate of drug-likeness (QED) is 0.683. The zero-order valence-electron chi connectivity index (χ0n) is 13.2. The highest BCUT2D eigenvalue weighted by atomic mass is 35.5. The summed E-state index contributed by atoms with van der Waals surface area (Å²) in [5.41, 5.74) is 1.76. The molecule has 0 aliphatic carbocycles. The van der Waals surface area contributed by atoms with Crippen molar-refractivity contribution in [1.29, 1.82) is 0 Å². The number of ether oxygens (including phenoxy) is 1. The summed E-state index contributed by atoms with van der Waals surface area (Å²) in [6.07, 6.45) is -0.742. The Bertz CT molecular complexity index is 824. The standard InChI is InChI=1S/C17H16Cl2N4O2/c18-14-6-4-12(5-7-14)10-25-11-16(24)9-23-21-17(20-22-23)13-2-1-3-15(19)8-13/h1-8,16,24H,9-11H2/t16-/m1/s1. The van der Waals surface area contributed by atoms with Crippen LogP contribution in [0.15, 0.2) is 48.5 Å². The molecule has 1 N–H and O–H groups in total. The molecule has 1 atom stereocenters. The summed E-state index contributed by atoms with van der Waals surface area (Å²) in [4.78, 5) is 1.34. The second kappa shape index (κ2) is 8.40. The number of benzene rings is 2. The van der Waals surface area contributed by atoms with E-state index in [0.29, 0.717) is 22.5 Å². The molecule has 3 aromatic rings. The van der Waals surface area contributed by atoms with Crippen molar-refractivity contribution in [3.8, 4) is 11.4 Å². The molecular formula is C17H16Cl2N4O2. The van der Waals surface area contributed by atoms with Gasteiger partial charge in [-0.3, -0.25) is 0 Å². The maximum absolute atomic E-state index is 10.1. The topological polar surface area (TPSA) is 73.1 Å². The third kappa shape index (κ3) is 5.24. The van der Waals surface area contributed by atoms with E-state index in [-0.39, 0.29) is 13.2 Å². The Labute approximate surface area is 155 Å². The highest BCUT2D eigenvalue weighted by molar-refractivity contribution is 6.31. The van der Waals surface area contributed by atoms with Gasteiger partial charge in [0.05, 0.1) is 25.9 Å². The minimum absolute atomic E-state index is 0.163. The molecule has 25 heavy (non-hydrogen) atoms. The van der Waals surface area contributed by atoms with Gasteiger partial charge in [-0.25, -0.2) is 0 Å². The molecular weight excluding hydrogens is 363 g/mol. The van der Waals surface area contributed by atoms with Gasteiger partial charge in [-0.2, -0.15) is 4.80 Å². The van der Waals surface area contributed by atoms with E-state index in [4.69, 9.17) is 27.9 Å². The van der Waals surface area contributed by atoms with E-state index in [2.05, 4.69) is 15.4 Å². The van der Waals surface area contributed by atoms with Crippen molar-refractivity contribution in [1.82, 2.24) is 20.2 Å². The van der Waals surface area contributed by atoms with Crippen LogP contribution in [0.4, 0.5) is 0 Å². The van der Waals surface area contributed by atoms with E-state index < -0.39 is 6.10 Å². The molecule has 0 saturated carbocycles. The maximum Gasteiger partial charge on any atom is 0.204 e. The van der Waals surface area contributed by atoms with Crippen molar-refractivity contribution in [2.24, 2.45) is 0 Å². The minimum atomic E-state index is -0.742. The lowest BCUT2D eigenvalue weighted by molar-refractivity contribution is 0.0165. The second-order valence-corrected chi connectivity index (χ2v) is 6.35. The number of nitrogens with zero attached hydrogens (tertiary/aromatic N) is 4. The van der Waals surface area contributed by atoms with E-state index in [0.717, 1.165) is 11.1 Å². The van der Waals surface area contributed by atoms with Crippen LogP contribution in [-0.2, 0) is 17.9 Å². The molecule has 8 heteroatoms. The van der Waals surface area contributed by atoms with Crippen LogP contribution >= 0.6 is 23.2 Å². The van der Waals surface area contributed by atoms with Crippen molar-refractivity contribution in [2.75, 3.05) is 6.61 Å². The summed E-state index contributed by atoms with van der Waals surface area (Å²) in [6.45, 7) is 0.748. The van der Waals surface area contributed by atoms with Crippen LogP contribution in [-0.4, -0.2) is 38.0 Å². The van der Waals surface area contributed by atoms with E-state index in [1.165, 1.54) is 4.80 Å². The number of rotatable bonds is 7. The van der Waals surface area contributed by atoms with Crippen molar-refractivity contribution in [3.05, 3.63) is 64.1 Å². The molecule has 0 saturated heterocycles. The molecule has 1 heterocycles. The van der Waals surface area contributed by atoms with Crippen LogP contribution in [0.5, 0.6) is 0 Å². The molecule has 0 fully saturated rings. The van der Waals surface area contributed by atoms with Crippen molar-refractivity contribution >= 4 is 23.2 Å². The molecule has 0 radical (unpaired) electrons. The first-order chi connectivity index (χ1) is 12.1. The van der Waals surface area contributed by atoms with Crippen molar-refractivity contribution in [3.63, 3.8) is 0 Å². The molecule has 3 rings (SSSR count). The van der Waals surface area contributed by atoms with Gasteiger partial charge in [0.25, 0.3) is 0 Å². The number of aliphatic hydroxyl groups excluding tert-OH is 1. The lowest BCUT2D eigenvalue weighted by Crippen LogP contribution is -2.23. The fourth-order valence-electron chi connectivity index (χ4n) is 2.20. The lowest BCUT2D eigenvalue weighted by atomic mass is 10.2. The van der Waals surface area contributed by atoms with E-state index >= 15 is 0 Å². The summed E-state index contributed by atoms with van der Waals surface area (Å²) in [6, 6.07) is 14.6. The molecule has 0 aliphatic heterocycles. The van der Waals surface area contributed by atoms with Crippen molar-refractivity contribution in [2.45, 2.75) is 19.3 Å². The van der Waals surface area contributed by atoms with Gasteiger partial charge in [0.1, 0.15) is 0 Å². The summed E-state index contributed by atoms with van der Waals surface area (Å²) < 4.78 is 5.50. The number of hydrogen-bond donors (Lipinski definition) is 1. The third-order valence-corrected chi connectivity index (χ3v) is 3.89. The lowest BCUT2D eigenvalue weighted by Gasteiger charge is -2.10. The number of tetrazole rings is 1. The largest absolute Gasteiger partial charge is 0.389 e. The van der Waals surface area contributed by atoms with Crippen LogP contribution in [0.25, 0.3) is 11.4 Å². The van der Waals surface area contributed by atoms with Gasteiger partial charge >= 0.3 is 0 Å². The minimum Gasteiger partial charge on any atom is -0.389 e. The molecule has 6 nitrogen and oxygen atoms in total. The highest BCUT2D eigenvalue weighted by Crippen LogP contribution is 2.18. The van der Waals surface area contributed by atoms with Crippen LogP contribution in [0, 0.1) is 0 Å². The fraction of sp³-hybridized carbons (Fsp3) is 0.235. The molecule has 1 aromatic heterocycles. The number of aromatic nitrogens is 4. The Morgan fingerprint density at radius 1 is 1.08 bits per heavy atom. The fourth-order valence-corrected chi connectivity index (χ4v) is 2.51. The predicted octanol–water partition coefficient (Wildman–Crippen LogP) is 3.22. The van der Waals surface area contributed by atoms with E-state index in [1.54, 1.807) is 24.3 Å². The normalized spacial score (nSPS) is 12.3. The van der Waals surface area contributed by atoms with Gasteiger partial charge in [-0.15, -0.1) is 10.2 Å². The Hall–Kier alpha value is -1.99. The average Bonchev–Trinajstić information content (AvgIpc) is 3.05. The van der Waals surface area contributed by atoms with Gasteiger partial charge in [0.15, 0.2) is 0 Å². The van der Waals surface area contributed by atoms with Crippen LogP contribution in [0.1, 0.15) is 5.56 Å². The SMILES string of the molecule is O[C@@H](COCc1ccc(Cl)cc1)Cn1nnc(-c2cccc(Cl)c2)n1. The van der Waals surface area contributed by atoms with Crippen LogP contribution in [0.2, 0.25) is 10.0 Å². The van der Waals surface area contributed by atoms with Crippen molar-refractivity contribution < 1.29 is 9.84 Å². The van der Waals surface area contributed by atoms with E-state index in [9.17, 15) is 5.11 Å². The third-order valence-electron chi connectivity index (χ3n) is 3.40. The number of aliphatic hydroxyl groups is 1. The first kappa shape index (κ1) is 17.8. The zero-order chi connectivity index (χ0) is 17.6. The smallest absolute Gasteiger partial charge is 0.204 e.